The van der Waals surface area contributed by atoms with E-state index in [1.165, 1.54) is 27.5 Å². The number of methoxy groups -OCH3 is 3. The summed E-state index contributed by atoms with van der Waals surface area (Å²) in [5.74, 6) is 0.649. The molecular formula is C24H22ClN3O5. The zero-order valence-corrected chi connectivity index (χ0v) is 19.0. The first-order valence-electron chi connectivity index (χ1n) is 9.76. The van der Waals surface area contributed by atoms with Crippen LogP contribution in [-0.4, -0.2) is 39.4 Å². The van der Waals surface area contributed by atoms with Gasteiger partial charge >= 0.3 is 0 Å². The van der Waals surface area contributed by atoms with E-state index in [0.29, 0.717) is 44.6 Å². The van der Waals surface area contributed by atoms with Gasteiger partial charge in [0.1, 0.15) is 0 Å². The van der Waals surface area contributed by atoms with Gasteiger partial charge in [0.25, 0.3) is 11.8 Å². The Morgan fingerprint density at radius 3 is 2.09 bits per heavy atom. The smallest absolute Gasteiger partial charge is 0.271 e. The molecule has 0 heterocycles. The van der Waals surface area contributed by atoms with Crippen molar-refractivity contribution in [1.29, 1.82) is 0 Å². The van der Waals surface area contributed by atoms with Crippen LogP contribution in [0.4, 0.5) is 5.69 Å². The molecule has 0 aliphatic heterocycles. The highest BCUT2D eigenvalue weighted by molar-refractivity contribution is 6.34. The Bertz CT molecular complexity index is 1150. The van der Waals surface area contributed by atoms with Crippen molar-refractivity contribution in [2.24, 2.45) is 5.10 Å². The van der Waals surface area contributed by atoms with Gasteiger partial charge in [0.15, 0.2) is 11.5 Å². The Morgan fingerprint density at radius 2 is 1.52 bits per heavy atom. The van der Waals surface area contributed by atoms with E-state index in [1.54, 1.807) is 60.7 Å². The molecule has 0 bridgehead atoms. The number of nitrogens with zero attached hydrogens (tertiary/aromatic N) is 1. The van der Waals surface area contributed by atoms with E-state index in [-0.39, 0.29) is 5.91 Å². The lowest BCUT2D eigenvalue weighted by Gasteiger charge is -2.12. The third-order valence-electron chi connectivity index (χ3n) is 4.59. The number of carbonyl (C=O) groups excluding carboxylic acids is 2. The Kier molecular flexibility index (Phi) is 7.88. The second kappa shape index (κ2) is 11.0. The summed E-state index contributed by atoms with van der Waals surface area (Å²) < 4.78 is 15.9. The molecule has 0 saturated heterocycles. The maximum atomic E-state index is 12.4. The minimum Gasteiger partial charge on any atom is -0.493 e. The van der Waals surface area contributed by atoms with Crippen LogP contribution in [0.2, 0.25) is 5.02 Å². The molecule has 0 spiro atoms. The molecule has 0 aromatic heterocycles. The molecule has 2 amide bonds. The van der Waals surface area contributed by atoms with Crippen molar-refractivity contribution in [3.05, 3.63) is 82.4 Å². The van der Waals surface area contributed by atoms with Crippen LogP contribution < -0.4 is 25.0 Å². The Morgan fingerprint density at radius 1 is 0.879 bits per heavy atom. The van der Waals surface area contributed by atoms with Gasteiger partial charge in [-0.3, -0.25) is 9.59 Å². The minimum absolute atomic E-state index is 0.340. The first-order valence-corrected chi connectivity index (χ1v) is 10.1. The first-order chi connectivity index (χ1) is 16.0. The van der Waals surface area contributed by atoms with Gasteiger partial charge in [-0.2, -0.15) is 5.10 Å². The van der Waals surface area contributed by atoms with E-state index in [1.807, 2.05) is 0 Å². The Balaban J connectivity index is 1.64. The molecule has 0 aliphatic carbocycles. The quantitative estimate of drug-likeness (QED) is 0.378. The van der Waals surface area contributed by atoms with Gasteiger partial charge < -0.3 is 19.5 Å². The van der Waals surface area contributed by atoms with Crippen LogP contribution in [0.15, 0.2) is 65.8 Å². The summed E-state index contributed by atoms with van der Waals surface area (Å²) in [6, 6.07) is 16.5. The number of hydrogen-bond donors (Lipinski definition) is 2. The predicted octanol–water partition coefficient (Wildman–Crippen LogP) is 4.38. The number of benzene rings is 3. The molecule has 170 valence electrons. The van der Waals surface area contributed by atoms with Crippen molar-refractivity contribution in [2.75, 3.05) is 26.6 Å². The third kappa shape index (κ3) is 5.81. The SMILES string of the molecule is COc1cc(C=NNC(=O)c2ccc(NC(=O)c3ccccc3Cl)cc2)cc(OC)c1OC. The third-order valence-corrected chi connectivity index (χ3v) is 4.92. The summed E-state index contributed by atoms with van der Waals surface area (Å²) in [4.78, 5) is 24.7. The molecular weight excluding hydrogens is 446 g/mol. The number of ether oxygens (including phenoxy) is 3. The number of hydrogen-bond acceptors (Lipinski definition) is 6. The van der Waals surface area contributed by atoms with Crippen LogP contribution in [0.25, 0.3) is 0 Å². The zero-order chi connectivity index (χ0) is 23.8. The summed E-state index contributed by atoms with van der Waals surface area (Å²) >= 11 is 6.05. The lowest BCUT2D eigenvalue weighted by Crippen LogP contribution is -2.18. The van der Waals surface area contributed by atoms with Gasteiger partial charge in [0.2, 0.25) is 5.75 Å². The van der Waals surface area contributed by atoms with E-state index in [0.717, 1.165) is 0 Å². The number of anilines is 1. The van der Waals surface area contributed by atoms with E-state index in [9.17, 15) is 9.59 Å². The van der Waals surface area contributed by atoms with E-state index in [2.05, 4.69) is 15.8 Å². The monoisotopic (exact) mass is 467 g/mol. The number of rotatable bonds is 8. The second-order valence-corrected chi connectivity index (χ2v) is 7.08. The minimum atomic E-state index is -0.414. The largest absolute Gasteiger partial charge is 0.493 e. The van der Waals surface area contributed by atoms with Gasteiger partial charge in [-0.15, -0.1) is 0 Å². The molecule has 9 heteroatoms. The second-order valence-electron chi connectivity index (χ2n) is 6.67. The van der Waals surface area contributed by atoms with Crippen LogP contribution >= 0.6 is 11.6 Å². The summed E-state index contributed by atoms with van der Waals surface area (Å²) in [7, 11) is 4.54. The highest BCUT2D eigenvalue weighted by Gasteiger charge is 2.13. The average molecular weight is 468 g/mol. The van der Waals surface area contributed by atoms with E-state index < -0.39 is 5.91 Å². The van der Waals surface area contributed by atoms with E-state index in [4.69, 9.17) is 25.8 Å². The molecule has 0 unspecified atom stereocenters. The Hall–Kier alpha value is -4.04. The van der Waals surface area contributed by atoms with Crippen molar-refractivity contribution in [2.45, 2.75) is 0 Å². The summed E-state index contributed by atoms with van der Waals surface area (Å²) in [6.45, 7) is 0. The molecule has 2 N–H and O–H groups in total. The molecule has 3 rings (SSSR count). The van der Waals surface area contributed by atoms with Crippen molar-refractivity contribution >= 4 is 35.3 Å². The molecule has 0 fully saturated rings. The molecule has 8 nitrogen and oxygen atoms in total. The fraction of sp³-hybridized carbons (Fsp3) is 0.125. The summed E-state index contributed by atoms with van der Waals surface area (Å²) in [5.41, 5.74) is 4.36. The van der Waals surface area contributed by atoms with Crippen molar-refractivity contribution in [1.82, 2.24) is 5.43 Å². The van der Waals surface area contributed by atoms with E-state index >= 15 is 0 Å². The van der Waals surface area contributed by atoms with Crippen LogP contribution in [0.5, 0.6) is 17.2 Å². The first kappa shape index (κ1) is 23.6. The normalized spacial score (nSPS) is 10.5. The number of nitrogens with one attached hydrogen (secondary N) is 2. The molecule has 0 saturated carbocycles. The number of halogens is 1. The van der Waals surface area contributed by atoms with Gasteiger partial charge in [-0.1, -0.05) is 23.7 Å². The Labute approximate surface area is 196 Å². The fourth-order valence-corrected chi connectivity index (χ4v) is 3.18. The molecule has 3 aromatic carbocycles. The molecule has 33 heavy (non-hydrogen) atoms. The topological polar surface area (TPSA) is 98.2 Å². The predicted molar refractivity (Wildman–Crippen MR) is 127 cm³/mol. The highest BCUT2D eigenvalue weighted by atomic mass is 35.5. The summed E-state index contributed by atoms with van der Waals surface area (Å²) in [6.07, 6.45) is 1.46. The highest BCUT2D eigenvalue weighted by Crippen LogP contribution is 2.37. The molecule has 0 aliphatic rings. The maximum absolute atomic E-state index is 12.4. The fourth-order valence-electron chi connectivity index (χ4n) is 2.95. The van der Waals surface area contributed by atoms with Gasteiger partial charge in [0, 0.05) is 16.8 Å². The molecule has 0 radical (unpaired) electrons. The maximum Gasteiger partial charge on any atom is 0.271 e. The van der Waals surface area contributed by atoms with Crippen molar-refractivity contribution in [3.63, 3.8) is 0 Å². The number of carbonyl (C=O) groups is 2. The van der Waals surface area contributed by atoms with Crippen LogP contribution in [0.3, 0.4) is 0 Å². The number of hydrazone groups is 1. The van der Waals surface area contributed by atoms with Crippen LogP contribution in [0, 0.1) is 0 Å². The standard InChI is InChI=1S/C24H22ClN3O5/c1-31-20-12-15(13-21(32-2)22(20)33-3)14-26-28-23(29)16-8-10-17(11-9-16)27-24(30)18-6-4-5-7-19(18)25/h4-14H,1-3H3,(H,27,30)(H,28,29). The molecule has 0 atom stereocenters. The van der Waals surface area contributed by atoms with Crippen molar-refractivity contribution in [3.8, 4) is 17.2 Å². The lowest BCUT2D eigenvalue weighted by molar-refractivity contribution is 0.0954. The van der Waals surface area contributed by atoms with Crippen LogP contribution in [-0.2, 0) is 0 Å². The van der Waals surface area contributed by atoms with Gasteiger partial charge in [-0.25, -0.2) is 5.43 Å². The van der Waals surface area contributed by atoms with Crippen molar-refractivity contribution < 1.29 is 23.8 Å². The summed E-state index contributed by atoms with van der Waals surface area (Å²) in [5, 5.41) is 7.08. The number of amides is 2. The lowest BCUT2D eigenvalue weighted by atomic mass is 10.1. The zero-order valence-electron chi connectivity index (χ0n) is 18.2. The van der Waals surface area contributed by atoms with Crippen LogP contribution in [0.1, 0.15) is 26.3 Å². The average Bonchev–Trinajstić information content (AvgIpc) is 2.83. The van der Waals surface area contributed by atoms with Gasteiger partial charge in [0.05, 0.1) is 38.1 Å². The van der Waals surface area contributed by atoms with Gasteiger partial charge in [-0.05, 0) is 48.5 Å². The molecule has 3 aromatic rings.